The molecule has 1 N–H and O–H groups in total. The predicted molar refractivity (Wildman–Crippen MR) is 96.5 cm³/mol. The summed E-state index contributed by atoms with van der Waals surface area (Å²) in [5.74, 6) is -0.242. The highest BCUT2D eigenvalue weighted by Gasteiger charge is 2.21. The quantitative estimate of drug-likeness (QED) is 0.792. The fourth-order valence-electron chi connectivity index (χ4n) is 2.78. The number of nitrogens with one attached hydrogen (secondary N) is 1. The summed E-state index contributed by atoms with van der Waals surface area (Å²) < 4.78 is 19.4. The fraction of sp³-hybridized carbons (Fsp3) is 0.316. The molecule has 1 fully saturated rings. The van der Waals surface area contributed by atoms with Crippen LogP contribution in [-0.2, 0) is 0 Å². The molecular weight excluding hydrogens is 339 g/mol. The average molecular weight is 359 g/mol. The average Bonchev–Trinajstić information content (AvgIpc) is 2.64. The molecule has 1 aliphatic rings. The van der Waals surface area contributed by atoms with E-state index in [-0.39, 0.29) is 23.4 Å². The molecule has 25 heavy (non-hydrogen) atoms. The fourth-order valence-corrected chi connectivity index (χ4v) is 3.23. The van der Waals surface area contributed by atoms with E-state index >= 15 is 0 Å². The summed E-state index contributed by atoms with van der Waals surface area (Å²) in [6.07, 6.45) is 9.02. The van der Waals surface area contributed by atoms with Gasteiger partial charge in [0.15, 0.2) is 0 Å². The predicted octanol–water partition coefficient (Wildman–Crippen LogP) is 4.61. The summed E-state index contributed by atoms with van der Waals surface area (Å²) in [6.45, 7) is 0. The van der Waals surface area contributed by atoms with Crippen molar-refractivity contribution in [3.8, 4) is 11.6 Å². The van der Waals surface area contributed by atoms with Gasteiger partial charge in [-0.05, 0) is 62.6 Å². The summed E-state index contributed by atoms with van der Waals surface area (Å²) >= 11 is 1.59. The monoisotopic (exact) mass is 359 g/mol. The van der Waals surface area contributed by atoms with Crippen molar-refractivity contribution in [2.24, 2.45) is 0 Å². The molecule has 131 valence electrons. The number of nitrogens with zero attached hydrogens (tertiary/aromatic N) is 1. The maximum atomic E-state index is 13.6. The van der Waals surface area contributed by atoms with Crippen LogP contribution in [0.5, 0.6) is 11.6 Å². The van der Waals surface area contributed by atoms with E-state index in [4.69, 9.17) is 4.74 Å². The standard InChI is InChI=1S/C19H20FN2O2S/c1-25-16-9-5-8-15(11-16)24-19-17(10-13(20)12-21-19)18(23)22-14-6-3-2-4-7-14/h2,5,8-12,14H,3-4,6-7H2,1H3,(H,22,23). The zero-order valence-corrected chi connectivity index (χ0v) is 14.8. The molecule has 1 saturated carbocycles. The molecule has 0 saturated heterocycles. The van der Waals surface area contributed by atoms with Crippen LogP contribution in [0.3, 0.4) is 0 Å². The third-order valence-corrected chi connectivity index (χ3v) is 4.82. The Balaban J connectivity index is 1.80. The minimum absolute atomic E-state index is 0.105. The second-order valence-corrected chi connectivity index (χ2v) is 6.78. The van der Waals surface area contributed by atoms with Crippen LogP contribution in [0.15, 0.2) is 41.4 Å². The van der Waals surface area contributed by atoms with Gasteiger partial charge < -0.3 is 10.1 Å². The SMILES string of the molecule is CSc1cccc(Oc2ncc(F)cc2C(=O)NC2CC[CH]CC2)c1. The van der Waals surface area contributed by atoms with Crippen LogP contribution in [0.25, 0.3) is 0 Å². The largest absolute Gasteiger partial charge is 0.438 e. The Morgan fingerprint density at radius 2 is 2.12 bits per heavy atom. The number of benzene rings is 1. The van der Waals surface area contributed by atoms with Gasteiger partial charge in [0.25, 0.3) is 5.91 Å². The number of halogens is 1. The minimum Gasteiger partial charge on any atom is -0.438 e. The number of thioether (sulfide) groups is 1. The molecule has 0 unspecified atom stereocenters. The molecule has 1 amide bonds. The number of aromatic nitrogens is 1. The van der Waals surface area contributed by atoms with E-state index in [2.05, 4.69) is 16.7 Å². The molecule has 0 bridgehead atoms. The van der Waals surface area contributed by atoms with Crippen LogP contribution in [-0.4, -0.2) is 23.2 Å². The van der Waals surface area contributed by atoms with Gasteiger partial charge in [-0.2, -0.15) is 0 Å². The van der Waals surface area contributed by atoms with Crippen LogP contribution >= 0.6 is 11.8 Å². The van der Waals surface area contributed by atoms with E-state index in [9.17, 15) is 9.18 Å². The smallest absolute Gasteiger partial charge is 0.257 e. The normalized spacial score (nSPS) is 15.0. The van der Waals surface area contributed by atoms with Crippen molar-refractivity contribution >= 4 is 17.7 Å². The van der Waals surface area contributed by atoms with Crippen molar-refractivity contribution < 1.29 is 13.9 Å². The molecule has 0 aliphatic heterocycles. The Morgan fingerprint density at radius 1 is 1.32 bits per heavy atom. The number of hydrogen-bond acceptors (Lipinski definition) is 4. The molecule has 1 radical (unpaired) electrons. The lowest BCUT2D eigenvalue weighted by atomic mass is 9.95. The van der Waals surface area contributed by atoms with Gasteiger partial charge >= 0.3 is 0 Å². The summed E-state index contributed by atoms with van der Waals surface area (Å²) in [5, 5.41) is 2.96. The molecule has 1 heterocycles. The van der Waals surface area contributed by atoms with Crippen molar-refractivity contribution in [3.05, 3.63) is 54.3 Å². The van der Waals surface area contributed by atoms with Crippen LogP contribution in [0.2, 0.25) is 0 Å². The highest BCUT2D eigenvalue weighted by Crippen LogP contribution is 2.27. The lowest BCUT2D eigenvalue weighted by Gasteiger charge is -2.23. The third kappa shape index (κ3) is 4.72. The summed E-state index contributed by atoms with van der Waals surface area (Å²) in [5.41, 5.74) is 0.115. The van der Waals surface area contributed by atoms with E-state index in [1.54, 1.807) is 17.8 Å². The van der Waals surface area contributed by atoms with E-state index in [0.717, 1.165) is 36.8 Å². The maximum absolute atomic E-state index is 13.6. The first-order chi connectivity index (χ1) is 12.2. The number of hydrogen-bond donors (Lipinski definition) is 1. The molecule has 4 nitrogen and oxygen atoms in total. The zero-order valence-electron chi connectivity index (χ0n) is 14.0. The molecule has 3 rings (SSSR count). The second-order valence-electron chi connectivity index (χ2n) is 5.90. The number of rotatable bonds is 5. The van der Waals surface area contributed by atoms with E-state index in [0.29, 0.717) is 5.75 Å². The van der Waals surface area contributed by atoms with Crippen molar-refractivity contribution in [2.75, 3.05) is 6.26 Å². The van der Waals surface area contributed by atoms with Crippen LogP contribution in [0, 0.1) is 12.2 Å². The molecule has 6 heteroatoms. The molecular formula is C19H20FN2O2S. The highest BCUT2D eigenvalue weighted by molar-refractivity contribution is 7.98. The Bertz CT molecular complexity index is 748. The van der Waals surface area contributed by atoms with Gasteiger partial charge in [-0.25, -0.2) is 9.37 Å². The minimum atomic E-state index is -0.563. The second kappa shape index (κ2) is 8.34. The number of pyridine rings is 1. The van der Waals surface area contributed by atoms with Gasteiger partial charge in [-0.1, -0.05) is 6.07 Å². The van der Waals surface area contributed by atoms with Gasteiger partial charge in [0.1, 0.15) is 17.1 Å². The van der Waals surface area contributed by atoms with Crippen molar-refractivity contribution in [1.29, 1.82) is 0 Å². The first kappa shape index (κ1) is 17.7. The maximum Gasteiger partial charge on any atom is 0.257 e. The van der Waals surface area contributed by atoms with Gasteiger partial charge in [0.2, 0.25) is 5.88 Å². The van der Waals surface area contributed by atoms with Crippen LogP contribution in [0.1, 0.15) is 36.0 Å². The number of amides is 1. The molecule has 0 spiro atoms. The number of carbonyl (C=O) groups is 1. The van der Waals surface area contributed by atoms with Crippen LogP contribution in [0.4, 0.5) is 4.39 Å². The van der Waals surface area contributed by atoms with Gasteiger partial charge in [0.05, 0.1) is 6.20 Å². The number of carbonyl (C=O) groups excluding carboxylic acids is 1. The Kier molecular flexibility index (Phi) is 5.91. The Hall–Kier alpha value is -2.08. The van der Waals surface area contributed by atoms with Crippen LogP contribution < -0.4 is 10.1 Å². The van der Waals surface area contributed by atoms with E-state index in [1.165, 1.54) is 6.07 Å². The summed E-state index contributed by atoms with van der Waals surface area (Å²) in [6, 6.07) is 8.74. The molecule has 0 atom stereocenters. The Labute approximate surface area is 151 Å². The van der Waals surface area contributed by atoms with Gasteiger partial charge in [-0.3, -0.25) is 4.79 Å². The molecule has 1 aromatic carbocycles. The lowest BCUT2D eigenvalue weighted by molar-refractivity contribution is 0.0927. The highest BCUT2D eigenvalue weighted by atomic mass is 32.2. The first-order valence-electron chi connectivity index (χ1n) is 8.25. The number of ether oxygens (including phenoxy) is 1. The Morgan fingerprint density at radius 3 is 2.88 bits per heavy atom. The third-order valence-electron chi connectivity index (χ3n) is 4.09. The van der Waals surface area contributed by atoms with Gasteiger partial charge in [0, 0.05) is 10.9 Å². The topological polar surface area (TPSA) is 51.2 Å². The van der Waals surface area contributed by atoms with E-state index in [1.807, 2.05) is 24.5 Å². The molecule has 1 aromatic heterocycles. The van der Waals surface area contributed by atoms with Crippen molar-refractivity contribution in [1.82, 2.24) is 10.3 Å². The van der Waals surface area contributed by atoms with Crippen molar-refractivity contribution in [2.45, 2.75) is 36.6 Å². The first-order valence-corrected chi connectivity index (χ1v) is 9.48. The summed E-state index contributed by atoms with van der Waals surface area (Å²) in [7, 11) is 0. The van der Waals surface area contributed by atoms with E-state index < -0.39 is 5.82 Å². The molecule has 1 aliphatic carbocycles. The van der Waals surface area contributed by atoms with Gasteiger partial charge in [-0.15, -0.1) is 11.8 Å². The molecule has 2 aromatic rings. The summed E-state index contributed by atoms with van der Waals surface area (Å²) in [4.78, 5) is 17.6. The lowest BCUT2D eigenvalue weighted by Crippen LogP contribution is -2.36. The zero-order chi connectivity index (χ0) is 17.6. The van der Waals surface area contributed by atoms with Crippen molar-refractivity contribution in [3.63, 3.8) is 0 Å².